The monoisotopic (exact) mass is 414 g/mol. The van der Waals surface area contributed by atoms with Gasteiger partial charge in [-0.2, -0.15) is 5.10 Å². The van der Waals surface area contributed by atoms with Crippen molar-refractivity contribution in [2.24, 2.45) is 4.99 Å². The molecule has 3 rings (SSSR count). The number of aryl methyl sites for hydroxylation is 3. The van der Waals surface area contributed by atoms with Crippen molar-refractivity contribution in [2.45, 2.75) is 66.1 Å². The van der Waals surface area contributed by atoms with Crippen LogP contribution in [-0.4, -0.2) is 40.0 Å². The average Bonchev–Trinajstić information content (AvgIpc) is 3.06. The lowest BCUT2D eigenvalue weighted by Gasteiger charge is -2.13. The summed E-state index contributed by atoms with van der Waals surface area (Å²) in [6.07, 6.45) is 3.89. The number of rotatable bonds is 9. The highest BCUT2D eigenvalue weighted by Crippen LogP contribution is 2.21. The number of fused-ring (bicyclic) bond motifs is 1. The first-order chi connectivity index (χ1) is 14.6. The van der Waals surface area contributed by atoms with Crippen LogP contribution in [0.2, 0.25) is 0 Å². The van der Waals surface area contributed by atoms with Gasteiger partial charge in [-0.1, -0.05) is 12.1 Å². The van der Waals surface area contributed by atoms with Crippen LogP contribution in [-0.2, 0) is 26.1 Å². The first kappa shape index (κ1) is 21.9. The predicted octanol–water partition coefficient (Wildman–Crippen LogP) is 2.23. The van der Waals surface area contributed by atoms with Crippen LogP contribution in [0.15, 0.2) is 28.0 Å². The Balaban J connectivity index is 1.55. The minimum absolute atomic E-state index is 0.0214. The number of hydrogen-bond donors (Lipinski definition) is 2. The topological polar surface area (TPSA) is 85.5 Å². The van der Waals surface area contributed by atoms with Crippen LogP contribution in [0.5, 0.6) is 5.75 Å². The lowest BCUT2D eigenvalue weighted by molar-refractivity contribution is 0.336. The summed E-state index contributed by atoms with van der Waals surface area (Å²) in [5.41, 5.74) is 2.26. The highest BCUT2D eigenvalue weighted by molar-refractivity contribution is 5.79. The largest absolute Gasteiger partial charge is 0.494 e. The van der Waals surface area contributed by atoms with Crippen LogP contribution in [0.4, 0.5) is 0 Å². The van der Waals surface area contributed by atoms with Gasteiger partial charge in [0.15, 0.2) is 5.96 Å². The number of aromatic nitrogens is 3. The van der Waals surface area contributed by atoms with Gasteiger partial charge in [0.05, 0.1) is 13.2 Å². The molecule has 30 heavy (non-hydrogen) atoms. The number of ether oxygens (including phenoxy) is 1. The van der Waals surface area contributed by atoms with Gasteiger partial charge in [-0.25, -0.2) is 14.5 Å². The fourth-order valence-electron chi connectivity index (χ4n) is 3.62. The summed E-state index contributed by atoms with van der Waals surface area (Å²) in [5.74, 6) is 2.58. The molecule has 0 fully saturated rings. The molecule has 2 aromatic rings. The van der Waals surface area contributed by atoms with Crippen LogP contribution in [0, 0.1) is 6.92 Å². The van der Waals surface area contributed by atoms with Crippen molar-refractivity contribution in [1.29, 1.82) is 0 Å². The Bertz CT molecular complexity index is 915. The molecule has 164 valence electrons. The molecule has 1 aromatic heterocycles. The van der Waals surface area contributed by atoms with Crippen LogP contribution >= 0.6 is 0 Å². The Morgan fingerprint density at radius 1 is 1.27 bits per heavy atom. The van der Waals surface area contributed by atoms with E-state index in [9.17, 15) is 4.79 Å². The van der Waals surface area contributed by atoms with Crippen molar-refractivity contribution in [3.05, 3.63) is 45.6 Å². The molecule has 0 radical (unpaired) electrons. The lowest BCUT2D eigenvalue weighted by Crippen LogP contribution is -2.38. The minimum atomic E-state index is 0.0214. The van der Waals surface area contributed by atoms with Crippen molar-refractivity contribution in [2.75, 3.05) is 19.7 Å². The normalized spacial score (nSPS) is 13.8. The van der Waals surface area contributed by atoms with Crippen molar-refractivity contribution in [3.63, 3.8) is 0 Å². The first-order valence-corrected chi connectivity index (χ1v) is 11.0. The SMILES string of the molecule is CCNC(=NCc1ccc(C)cc1OCC)NCCCn1nc2n(c1=O)CCCC2. The van der Waals surface area contributed by atoms with E-state index < -0.39 is 0 Å². The van der Waals surface area contributed by atoms with Gasteiger partial charge in [-0.05, 0) is 51.7 Å². The molecule has 0 spiro atoms. The Hall–Kier alpha value is -2.77. The van der Waals surface area contributed by atoms with Crippen LogP contribution < -0.4 is 21.1 Å². The third-order valence-electron chi connectivity index (χ3n) is 5.14. The summed E-state index contributed by atoms with van der Waals surface area (Å²) in [4.78, 5) is 17.1. The Morgan fingerprint density at radius 2 is 2.13 bits per heavy atom. The Morgan fingerprint density at radius 3 is 2.90 bits per heavy atom. The molecule has 0 unspecified atom stereocenters. The molecule has 0 aliphatic carbocycles. The van der Waals surface area contributed by atoms with E-state index in [1.54, 1.807) is 4.68 Å². The molecule has 1 aromatic carbocycles. The Labute approximate surface area is 178 Å². The molecule has 2 heterocycles. The molecule has 1 aliphatic heterocycles. The molecule has 0 saturated carbocycles. The Kier molecular flexibility index (Phi) is 7.93. The molecule has 2 N–H and O–H groups in total. The molecule has 1 aliphatic rings. The summed E-state index contributed by atoms with van der Waals surface area (Å²) in [7, 11) is 0. The zero-order valence-electron chi connectivity index (χ0n) is 18.4. The standard InChI is InChI=1S/C22H34N6O2/c1-4-23-21(25-16-18-11-10-17(3)15-19(18)30-5-2)24-12-8-14-28-22(29)27-13-7-6-9-20(27)26-28/h10-11,15H,4-9,12-14,16H2,1-3H3,(H2,23,24,25). The van der Waals surface area contributed by atoms with Crippen LogP contribution in [0.3, 0.4) is 0 Å². The molecular weight excluding hydrogens is 380 g/mol. The molecule has 8 nitrogen and oxygen atoms in total. The third-order valence-corrected chi connectivity index (χ3v) is 5.14. The third kappa shape index (κ3) is 5.64. The number of guanidine groups is 1. The van der Waals surface area contributed by atoms with Gasteiger partial charge < -0.3 is 15.4 Å². The fourth-order valence-corrected chi connectivity index (χ4v) is 3.62. The summed E-state index contributed by atoms with van der Waals surface area (Å²) in [5, 5.41) is 11.1. The van der Waals surface area contributed by atoms with Gasteiger partial charge in [0.2, 0.25) is 0 Å². The van der Waals surface area contributed by atoms with Crippen molar-refractivity contribution < 1.29 is 4.74 Å². The summed E-state index contributed by atoms with van der Waals surface area (Å²) >= 11 is 0. The van der Waals surface area contributed by atoms with Gasteiger partial charge >= 0.3 is 5.69 Å². The predicted molar refractivity (Wildman–Crippen MR) is 119 cm³/mol. The second kappa shape index (κ2) is 10.8. The number of nitrogens with one attached hydrogen (secondary N) is 2. The molecule has 0 bridgehead atoms. The lowest BCUT2D eigenvalue weighted by atomic mass is 10.1. The van der Waals surface area contributed by atoms with E-state index in [1.165, 1.54) is 5.56 Å². The highest BCUT2D eigenvalue weighted by Gasteiger charge is 2.16. The summed E-state index contributed by atoms with van der Waals surface area (Å²) in [6, 6.07) is 6.20. The minimum Gasteiger partial charge on any atom is -0.494 e. The molecular formula is C22H34N6O2. The maximum Gasteiger partial charge on any atom is 0.345 e. The van der Waals surface area contributed by atoms with Gasteiger partial charge in [-0.3, -0.25) is 4.57 Å². The average molecular weight is 415 g/mol. The summed E-state index contributed by atoms with van der Waals surface area (Å²) in [6.45, 7) is 10.2. The molecule has 0 saturated heterocycles. The van der Waals surface area contributed by atoms with E-state index >= 15 is 0 Å². The number of hydrogen-bond acceptors (Lipinski definition) is 4. The van der Waals surface area contributed by atoms with Gasteiger partial charge in [-0.15, -0.1) is 0 Å². The molecule has 0 atom stereocenters. The number of benzene rings is 1. The highest BCUT2D eigenvalue weighted by atomic mass is 16.5. The first-order valence-electron chi connectivity index (χ1n) is 11.0. The number of aliphatic imine (C=N–C) groups is 1. The van der Waals surface area contributed by atoms with Gasteiger partial charge in [0, 0.05) is 38.2 Å². The van der Waals surface area contributed by atoms with E-state index in [0.29, 0.717) is 26.2 Å². The number of nitrogens with zero attached hydrogens (tertiary/aromatic N) is 4. The quantitative estimate of drug-likeness (QED) is 0.373. The van der Waals surface area contributed by atoms with Crippen LogP contribution in [0.25, 0.3) is 0 Å². The molecule has 8 heteroatoms. The zero-order valence-corrected chi connectivity index (χ0v) is 18.4. The smallest absolute Gasteiger partial charge is 0.345 e. The maximum atomic E-state index is 12.4. The van der Waals surface area contributed by atoms with E-state index in [2.05, 4.69) is 40.9 Å². The van der Waals surface area contributed by atoms with Crippen LogP contribution in [0.1, 0.15) is 50.1 Å². The maximum absolute atomic E-state index is 12.4. The van der Waals surface area contributed by atoms with Crippen molar-refractivity contribution >= 4 is 5.96 Å². The van der Waals surface area contributed by atoms with E-state index in [0.717, 1.165) is 61.9 Å². The van der Waals surface area contributed by atoms with Gasteiger partial charge in [0.25, 0.3) is 0 Å². The second-order valence-corrected chi connectivity index (χ2v) is 7.55. The van der Waals surface area contributed by atoms with E-state index in [4.69, 9.17) is 9.73 Å². The van der Waals surface area contributed by atoms with Crippen molar-refractivity contribution in [3.8, 4) is 5.75 Å². The second-order valence-electron chi connectivity index (χ2n) is 7.55. The zero-order chi connectivity index (χ0) is 21.3. The molecule has 0 amide bonds. The van der Waals surface area contributed by atoms with E-state index in [1.807, 2.05) is 18.4 Å². The van der Waals surface area contributed by atoms with E-state index in [-0.39, 0.29) is 5.69 Å². The summed E-state index contributed by atoms with van der Waals surface area (Å²) < 4.78 is 9.18. The van der Waals surface area contributed by atoms with Crippen molar-refractivity contribution in [1.82, 2.24) is 25.0 Å². The fraction of sp³-hybridized carbons (Fsp3) is 0.591. The van der Waals surface area contributed by atoms with Gasteiger partial charge in [0.1, 0.15) is 11.6 Å².